The van der Waals surface area contributed by atoms with E-state index < -0.39 is 12.2 Å². The van der Waals surface area contributed by atoms with Gasteiger partial charge in [0.05, 0.1) is 44.7 Å². The fourth-order valence-corrected chi connectivity index (χ4v) is 5.76. The van der Waals surface area contributed by atoms with Crippen molar-refractivity contribution in [1.29, 1.82) is 0 Å². The number of imidazole rings is 1. The number of aryl methyl sites for hydroxylation is 1. The monoisotopic (exact) mass is 583 g/mol. The first-order valence-electron chi connectivity index (χ1n) is 15.3. The zero-order chi connectivity index (χ0) is 29.3. The van der Waals surface area contributed by atoms with Gasteiger partial charge in [-0.1, -0.05) is 30.3 Å². The highest BCUT2D eigenvalue weighted by Crippen LogP contribution is 2.36. The van der Waals surface area contributed by atoms with Gasteiger partial charge in [-0.2, -0.15) is 0 Å². The number of carbonyl (C=O) groups is 2. The van der Waals surface area contributed by atoms with Crippen LogP contribution in [0.25, 0.3) is 0 Å². The second-order valence-corrected chi connectivity index (χ2v) is 11.5. The first kappa shape index (κ1) is 30.5. The van der Waals surface area contributed by atoms with E-state index in [4.69, 9.17) is 19.2 Å². The van der Waals surface area contributed by atoms with Crippen LogP contribution in [-0.2, 0) is 36.9 Å². The van der Waals surface area contributed by atoms with Crippen LogP contribution in [0.4, 0.5) is 4.79 Å². The highest BCUT2D eigenvalue weighted by molar-refractivity contribution is 5.82. The van der Waals surface area contributed by atoms with E-state index in [9.17, 15) is 9.59 Å². The number of nitrogens with zero attached hydrogens (tertiary/aromatic N) is 3. The molecular formula is C31H45N5O6. The zero-order valence-electron chi connectivity index (χ0n) is 24.8. The molecule has 5 rings (SSSR count). The Morgan fingerprint density at radius 3 is 2.67 bits per heavy atom. The minimum atomic E-state index is -0.528. The molecule has 3 aliphatic rings. The molecule has 0 spiro atoms. The summed E-state index contributed by atoms with van der Waals surface area (Å²) in [6.45, 7) is 6.73. The maximum Gasteiger partial charge on any atom is 0.406 e. The summed E-state index contributed by atoms with van der Waals surface area (Å²) >= 11 is 0. The summed E-state index contributed by atoms with van der Waals surface area (Å²) in [6, 6.07) is 10.2. The molecule has 1 aromatic heterocycles. The van der Waals surface area contributed by atoms with Crippen molar-refractivity contribution in [3.63, 3.8) is 0 Å². The number of amides is 2. The number of rotatable bonds is 13. The molecule has 1 aromatic carbocycles. The Hall–Kier alpha value is -2.99. The first-order chi connectivity index (χ1) is 20.5. The van der Waals surface area contributed by atoms with Crippen LogP contribution in [0.5, 0.6) is 0 Å². The van der Waals surface area contributed by atoms with Gasteiger partial charge in [0, 0.05) is 51.0 Å². The lowest BCUT2D eigenvalue weighted by molar-refractivity contribution is -0.150. The molecule has 2 aliphatic heterocycles. The van der Waals surface area contributed by atoms with Crippen molar-refractivity contribution < 1.29 is 28.5 Å². The number of aromatic nitrogens is 2. The molecule has 2 saturated heterocycles. The normalized spacial score (nSPS) is 22.0. The Morgan fingerprint density at radius 1 is 1.19 bits per heavy atom. The Bertz CT molecular complexity index is 1140. The SMILES string of the molecule is COC(=O)NCCCn1cc([C@@H](C)N(C(=O)[C@H]2CN[C@@H](COCc3ccccc3)CO2)C2CC2)nc1C1CCOCC1. The third kappa shape index (κ3) is 8.09. The Labute approximate surface area is 248 Å². The topological polar surface area (TPSA) is 116 Å². The highest BCUT2D eigenvalue weighted by Gasteiger charge is 2.41. The quantitative estimate of drug-likeness (QED) is 0.346. The molecule has 230 valence electrons. The van der Waals surface area contributed by atoms with Crippen LogP contribution in [-0.4, -0.2) is 91.3 Å². The van der Waals surface area contributed by atoms with Gasteiger partial charge >= 0.3 is 6.09 Å². The molecule has 2 aromatic rings. The number of benzene rings is 1. The Balaban J connectivity index is 1.19. The number of carbonyl (C=O) groups excluding carboxylic acids is 2. The van der Waals surface area contributed by atoms with Crippen LogP contribution < -0.4 is 10.6 Å². The minimum Gasteiger partial charge on any atom is -0.453 e. The molecule has 1 saturated carbocycles. The summed E-state index contributed by atoms with van der Waals surface area (Å²) in [5.74, 6) is 1.37. The number of hydrogen-bond donors (Lipinski definition) is 2. The van der Waals surface area contributed by atoms with Gasteiger partial charge in [0.25, 0.3) is 5.91 Å². The molecule has 3 atom stereocenters. The fraction of sp³-hybridized carbons (Fsp3) is 0.645. The van der Waals surface area contributed by atoms with Crippen LogP contribution in [0.2, 0.25) is 0 Å². The lowest BCUT2D eigenvalue weighted by Gasteiger charge is -2.35. The number of nitrogens with one attached hydrogen (secondary N) is 2. The minimum absolute atomic E-state index is 0.0191. The summed E-state index contributed by atoms with van der Waals surface area (Å²) in [5.41, 5.74) is 2.03. The molecule has 11 nitrogen and oxygen atoms in total. The maximum absolute atomic E-state index is 13.8. The van der Waals surface area contributed by atoms with Gasteiger partial charge in [-0.05, 0) is 44.6 Å². The molecule has 0 radical (unpaired) electrons. The zero-order valence-corrected chi connectivity index (χ0v) is 24.8. The van der Waals surface area contributed by atoms with Gasteiger partial charge in [0.2, 0.25) is 0 Å². The highest BCUT2D eigenvalue weighted by atomic mass is 16.5. The third-order valence-corrected chi connectivity index (χ3v) is 8.28. The molecule has 2 amide bonds. The molecule has 3 heterocycles. The summed E-state index contributed by atoms with van der Waals surface area (Å²) in [7, 11) is 1.36. The van der Waals surface area contributed by atoms with Gasteiger partial charge in [0.1, 0.15) is 11.9 Å². The number of alkyl carbamates (subject to hydrolysis) is 1. The smallest absolute Gasteiger partial charge is 0.406 e. The Kier molecular flexibility index (Phi) is 10.8. The van der Waals surface area contributed by atoms with E-state index in [2.05, 4.69) is 33.1 Å². The van der Waals surface area contributed by atoms with Gasteiger partial charge in [0.15, 0.2) is 0 Å². The summed E-state index contributed by atoms with van der Waals surface area (Å²) in [4.78, 5) is 32.4. The van der Waals surface area contributed by atoms with Crippen molar-refractivity contribution in [1.82, 2.24) is 25.1 Å². The molecule has 11 heteroatoms. The average Bonchev–Trinajstić information content (AvgIpc) is 3.77. The lowest BCUT2D eigenvalue weighted by atomic mass is 9.99. The lowest BCUT2D eigenvalue weighted by Crippen LogP contribution is -2.55. The van der Waals surface area contributed by atoms with E-state index in [1.807, 2.05) is 35.2 Å². The predicted octanol–water partition coefficient (Wildman–Crippen LogP) is 3.15. The van der Waals surface area contributed by atoms with Gasteiger partial charge in [-0.25, -0.2) is 9.78 Å². The van der Waals surface area contributed by atoms with E-state index in [1.54, 1.807) is 0 Å². The van der Waals surface area contributed by atoms with E-state index in [0.717, 1.165) is 68.9 Å². The standard InChI is InChI=1S/C31H45N5O6/c1-22(27-18-35(14-6-13-32-31(38)39-2)29(34-27)24-11-15-40-16-12-24)36(26-9-10-26)30(37)28-17-33-25(21-42-28)20-41-19-23-7-4-3-5-8-23/h3-5,7-8,18,22,24-26,28,33H,6,9-17,19-21H2,1-2H3,(H,32,38)/t22-,25+,28-/m1/s1. The summed E-state index contributed by atoms with van der Waals surface area (Å²) in [6.07, 6.45) is 5.73. The summed E-state index contributed by atoms with van der Waals surface area (Å²) < 4.78 is 24.5. The maximum atomic E-state index is 13.8. The molecule has 0 unspecified atom stereocenters. The van der Waals surface area contributed by atoms with Crippen LogP contribution in [0.3, 0.4) is 0 Å². The van der Waals surface area contributed by atoms with Crippen LogP contribution in [0, 0.1) is 0 Å². The van der Waals surface area contributed by atoms with Gasteiger partial charge < -0.3 is 39.0 Å². The molecule has 2 N–H and O–H groups in total. The van der Waals surface area contributed by atoms with Crippen molar-refractivity contribution in [2.24, 2.45) is 0 Å². The third-order valence-electron chi connectivity index (χ3n) is 8.28. The number of methoxy groups -OCH3 is 1. The Morgan fingerprint density at radius 2 is 1.98 bits per heavy atom. The average molecular weight is 584 g/mol. The molecule has 3 fully saturated rings. The van der Waals surface area contributed by atoms with E-state index in [-0.39, 0.29) is 24.0 Å². The van der Waals surface area contributed by atoms with E-state index >= 15 is 0 Å². The fourth-order valence-electron chi connectivity index (χ4n) is 5.76. The van der Waals surface area contributed by atoms with Crippen LogP contribution in [0.15, 0.2) is 36.5 Å². The molecular weight excluding hydrogens is 538 g/mol. The van der Waals surface area contributed by atoms with Crippen molar-refractivity contribution in [2.45, 2.75) is 82.3 Å². The van der Waals surface area contributed by atoms with Gasteiger partial charge in [-0.15, -0.1) is 0 Å². The number of morpholine rings is 1. The van der Waals surface area contributed by atoms with E-state index in [0.29, 0.717) is 38.8 Å². The predicted molar refractivity (Wildman–Crippen MR) is 156 cm³/mol. The van der Waals surface area contributed by atoms with Crippen molar-refractivity contribution in [2.75, 3.05) is 46.6 Å². The second kappa shape index (κ2) is 15.0. The number of hydrogen-bond acceptors (Lipinski definition) is 8. The van der Waals surface area contributed by atoms with Gasteiger partial charge in [-0.3, -0.25) is 4.79 Å². The van der Waals surface area contributed by atoms with Crippen LogP contribution >= 0.6 is 0 Å². The van der Waals surface area contributed by atoms with Crippen molar-refractivity contribution >= 4 is 12.0 Å². The van der Waals surface area contributed by atoms with Crippen molar-refractivity contribution in [3.8, 4) is 0 Å². The molecule has 42 heavy (non-hydrogen) atoms. The first-order valence-corrected chi connectivity index (χ1v) is 15.3. The van der Waals surface area contributed by atoms with Crippen LogP contribution in [0.1, 0.15) is 68.1 Å². The van der Waals surface area contributed by atoms with Crippen molar-refractivity contribution in [3.05, 3.63) is 53.6 Å². The summed E-state index contributed by atoms with van der Waals surface area (Å²) in [5, 5.41) is 6.21. The van der Waals surface area contributed by atoms with E-state index in [1.165, 1.54) is 7.11 Å². The second-order valence-electron chi connectivity index (χ2n) is 11.5. The molecule has 1 aliphatic carbocycles. The number of ether oxygens (including phenoxy) is 4. The molecule has 0 bridgehead atoms. The largest absolute Gasteiger partial charge is 0.453 e.